The summed E-state index contributed by atoms with van der Waals surface area (Å²) in [5.74, 6) is 0. The molecule has 0 amide bonds. The van der Waals surface area contributed by atoms with E-state index in [0.717, 1.165) is 6.17 Å². The molecule has 0 aromatic heterocycles. The van der Waals surface area contributed by atoms with E-state index in [2.05, 4.69) is 79.8 Å². The molecular formula is C16H35B2NO4Si. The normalized spacial score (nSPS) is 28.0. The number of hydrogen-bond donors (Lipinski definition) is 0. The standard InChI is InChI=1S/C16H35B2NO4Si/c1-13(2)14(3,4)21-17(20-13)19(12-24(9,10)11)18-22-15(5,6)16(7,8)23-18/h12H2,1-11H3. The lowest BCUT2D eigenvalue weighted by Crippen LogP contribution is -2.58. The summed E-state index contributed by atoms with van der Waals surface area (Å²) in [4.78, 5) is 0. The van der Waals surface area contributed by atoms with E-state index in [-0.39, 0.29) is 22.4 Å². The van der Waals surface area contributed by atoms with Crippen LogP contribution in [0, 0.1) is 0 Å². The van der Waals surface area contributed by atoms with Gasteiger partial charge in [0.15, 0.2) is 0 Å². The summed E-state index contributed by atoms with van der Waals surface area (Å²) in [7, 11) is -2.36. The Morgan fingerprint density at radius 3 is 1.08 bits per heavy atom. The van der Waals surface area contributed by atoms with Gasteiger partial charge in [-0.2, -0.15) is 0 Å². The first-order chi connectivity index (χ1) is 10.5. The third-order valence-corrected chi connectivity index (χ3v) is 6.99. The zero-order valence-corrected chi connectivity index (χ0v) is 18.4. The van der Waals surface area contributed by atoms with Gasteiger partial charge in [-0.15, -0.1) is 0 Å². The molecule has 2 saturated heterocycles. The summed E-state index contributed by atoms with van der Waals surface area (Å²) < 4.78 is 27.3. The topological polar surface area (TPSA) is 40.2 Å². The lowest BCUT2D eigenvalue weighted by atomic mass is 9.90. The van der Waals surface area contributed by atoms with E-state index >= 15 is 0 Å². The predicted octanol–water partition coefficient (Wildman–Crippen LogP) is 3.34. The van der Waals surface area contributed by atoms with Crippen molar-refractivity contribution in [2.45, 2.75) is 97.4 Å². The molecule has 0 aliphatic carbocycles. The highest BCUT2D eigenvalue weighted by molar-refractivity contribution is 6.78. The SMILES string of the molecule is CC1(C)OB(N(C[Si](C)(C)C)B2OC(C)(C)C(C)(C)O2)OC1(C)C. The van der Waals surface area contributed by atoms with Crippen molar-refractivity contribution < 1.29 is 18.6 Å². The molecule has 2 heterocycles. The van der Waals surface area contributed by atoms with Gasteiger partial charge < -0.3 is 18.6 Å². The smallest absolute Gasteiger partial charge is 0.390 e. The number of rotatable bonds is 4. The van der Waals surface area contributed by atoms with Gasteiger partial charge in [-0.1, -0.05) is 19.6 Å². The summed E-state index contributed by atoms with van der Waals surface area (Å²) in [6, 6.07) is 0. The number of nitrogens with zero attached hydrogens (tertiary/aromatic N) is 1. The molecule has 0 radical (unpaired) electrons. The minimum absolute atomic E-state index is 0.376. The van der Waals surface area contributed by atoms with Crippen LogP contribution in [0.25, 0.3) is 0 Å². The Morgan fingerprint density at radius 2 is 0.875 bits per heavy atom. The van der Waals surface area contributed by atoms with Crippen LogP contribution < -0.4 is 0 Å². The van der Waals surface area contributed by atoms with Crippen LogP contribution in [0.3, 0.4) is 0 Å². The Kier molecular flexibility index (Phi) is 4.97. The Morgan fingerprint density at radius 1 is 0.625 bits per heavy atom. The van der Waals surface area contributed by atoms with Gasteiger partial charge in [0, 0.05) is 0 Å². The maximum atomic E-state index is 6.29. The van der Waals surface area contributed by atoms with E-state index < -0.39 is 22.6 Å². The van der Waals surface area contributed by atoms with Crippen molar-refractivity contribution in [1.29, 1.82) is 0 Å². The fourth-order valence-corrected chi connectivity index (χ4v) is 4.08. The molecule has 24 heavy (non-hydrogen) atoms. The third kappa shape index (κ3) is 3.79. The second kappa shape index (κ2) is 5.83. The molecule has 0 N–H and O–H groups in total. The van der Waals surface area contributed by atoms with Gasteiger partial charge in [0.05, 0.1) is 30.5 Å². The quantitative estimate of drug-likeness (QED) is 0.724. The highest BCUT2D eigenvalue weighted by Crippen LogP contribution is 2.41. The van der Waals surface area contributed by atoms with Crippen LogP contribution in [0.5, 0.6) is 0 Å². The van der Waals surface area contributed by atoms with Gasteiger partial charge in [0.1, 0.15) is 0 Å². The van der Waals surface area contributed by atoms with Crippen LogP contribution in [0.2, 0.25) is 19.6 Å². The lowest BCUT2D eigenvalue weighted by Gasteiger charge is -2.32. The Hall–Kier alpha value is 0.147. The molecule has 0 unspecified atom stereocenters. The summed E-state index contributed by atoms with van der Waals surface area (Å²) in [5, 5.41) is 0. The highest BCUT2D eigenvalue weighted by Gasteiger charge is 2.61. The lowest BCUT2D eigenvalue weighted by molar-refractivity contribution is 0.00578. The van der Waals surface area contributed by atoms with Crippen molar-refractivity contribution in [3.05, 3.63) is 0 Å². The van der Waals surface area contributed by atoms with Gasteiger partial charge in [-0.05, 0) is 61.6 Å². The molecule has 138 valence electrons. The van der Waals surface area contributed by atoms with Crippen molar-refractivity contribution in [2.24, 2.45) is 0 Å². The van der Waals surface area contributed by atoms with Crippen molar-refractivity contribution in [3.63, 3.8) is 0 Å². The largest absolute Gasteiger partial charge is 0.550 e. The molecule has 0 atom stereocenters. The maximum absolute atomic E-state index is 6.29. The average molecular weight is 355 g/mol. The fraction of sp³-hybridized carbons (Fsp3) is 1.00. The summed E-state index contributed by atoms with van der Waals surface area (Å²) in [6.07, 6.45) is 0.876. The zero-order chi connectivity index (χ0) is 18.8. The first-order valence-electron chi connectivity index (χ1n) is 8.95. The Labute approximate surface area is 150 Å². The average Bonchev–Trinajstić information content (AvgIpc) is 2.64. The van der Waals surface area contributed by atoms with E-state index in [0.29, 0.717) is 0 Å². The molecular weight excluding hydrogens is 320 g/mol. The molecule has 2 fully saturated rings. The number of hydrogen-bond acceptors (Lipinski definition) is 5. The van der Waals surface area contributed by atoms with E-state index in [1.54, 1.807) is 0 Å². The zero-order valence-electron chi connectivity index (χ0n) is 17.4. The van der Waals surface area contributed by atoms with Gasteiger partial charge >= 0.3 is 14.5 Å². The van der Waals surface area contributed by atoms with Crippen molar-refractivity contribution in [3.8, 4) is 0 Å². The Bertz CT molecular complexity index is 423. The van der Waals surface area contributed by atoms with Crippen molar-refractivity contribution in [1.82, 2.24) is 4.72 Å². The molecule has 2 aliphatic heterocycles. The van der Waals surface area contributed by atoms with Crippen LogP contribution in [0.4, 0.5) is 0 Å². The second-order valence-corrected chi connectivity index (χ2v) is 15.8. The molecule has 2 aliphatic rings. The highest BCUT2D eigenvalue weighted by atomic mass is 28.3. The van der Waals surface area contributed by atoms with Crippen LogP contribution in [0.1, 0.15) is 55.4 Å². The van der Waals surface area contributed by atoms with E-state index in [9.17, 15) is 0 Å². The van der Waals surface area contributed by atoms with Crippen molar-refractivity contribution in [2.75, 3.05) is 6.17 Å². The first-order valence-corrected chi connectivity index (χ1v) is 12.7. The maximum Gasteiger partial charge on any atom is 0.550 e. The van der Waals surface area contributed by atoms with Gasteiger partial charge in [0.25, 0.3) is 0 Å². The molecule has 2 rings (SSSR count). The van der Waals surface area contributed by atoms with Gasteiger partial charge in [0.2, 0.25) is 0 Å². The molecule has 0 aromatic rings. The van der Waals surface area contributed by atoms with Crippen molar-refractivity contribution >= 4 is 22.6 Å². The molecule has 0 bridgehead atoms. The summed E-state index contributed by atoms with van der Waals surface area (Å²) in [5.41, 5.74) is -1.50. The molecule has 5 nitrogen and oxygen atoms in total. The molecule has 0 saturated carbocycles. The Balaban J connectivity index is 2.28. The van der Waals surface area contributed by atoms with Crippen LogP contribution in [0.15, 0.2) is 0 Å². The molecule has 8 heteroatoms. The van der Waals surface area contributed by atoms with Crippen LogP contribution in [-0.2, 0) is 18.6 Å². The van der Waals surface area contributed by atoms with E-state index in [1.807, 2.05) is 0 Å². The van der Waals surface area contributed by atoms with E-state index in [4.69, 9.17) is 18.6 Å². The molecule has 0 aromatic carbocycles. The monoisotopic (exact) mass is 355 g/mol. The van der Waals surface area contributed by atoms with Gasteiger partial charge in [-0.25, -0.2) is 0 Å². The van der Waals surface area contributed by atoms with Crippen LogP contribution >= 0.6 is 0 Å². The summed E-state index contributed by atoms with van der Waals surface area (Å²) in [6.45, 7) is 23.6. The minimum Gasteiger partial charge on any atom is -0.390 e. The van der Waals surface area contributed by atoms with E-state index in [1.165, 1.54) is 0 Å². The second-order valence-electron chi connectivity index (χ2n) is 10.4. The first kappa shape index (κ1) is 20.5. The fourth-order valence-electron chi connectivity index (χ4n) is 2.69. The predicted molar refractivity (Wildman–Crippen MR) is 102 cm³/mol. The van der Waals surface area contributed by atoms with Gasteiger partial charge in [-0.3, -0.25) is 4.72 Å². The summed E-state index contributed by atoms with van der Waals surface area (Å²) >= 11 is 0. The van der Waals surface area contributed by atoms with Crippen LogP contribution in [-0.4, -0.2) is 55.9 Å². The minimum atomic E-state index is -1.43. The molecule has 0 spiro atoms. The third-order valence-electron chi connectivity index (χ3n) is 5.68.